The maximum atomic E-state index is 12.8. The van der Waals surface area contributed by atoms with E-state index < -0.39 is 39.3 Å². The van der Waals surface area contributed by atoms with E-state index in [9.17, 15) is 33.7 Å². The predicted molar refractivity (Wildman–Crippen MR) is 552 cm³/mol. The van der Waals surface area contributed by atoms with Crippen LogP contribution >= 0.6 is 34.8 Å². The molecule has 7 aliphatic rings. The minimum atomic E-state index is -3.46. The van der Waals surface area contributed by atoms with Gasteiger partial charge in [-0.05, 0) is 267 Å². The van der Waals surface area contributed by atoms with Crippen LogP contribution in [0.5, 0.6) is 0 Å². The van der Waals surface area contributed by atoms with E-state index in [1.807, 2.05) is 133 Å². The van der Waals surface area contributed by atoms with E-state index in [2.05, 4.69) is 70.4 Å². The zero-order valence-corrected chi connectivity index (χ0v) is 86.9. The Morgan fingerprint density at radius 1 is 0.369 bits per heavy atom. The van der Waals surface area contributed by atoms with Crippen molar-refractivity contribution in [2.75, 3.05) is 72.3 Å². The number of nitrogens with two attached hydrogens (primary N) is 2. The average Bonchev–Trinajstić information content (AvgIpc) is 1.61. The lowest BCUT2D eigenvalue weighted by Gasteiger charge is -2.25. The van der Waals surface area contributed by atoms with E-state index in [1.54, 1.807) is 67.1 Å². The van der Waals surface area contributed by atoms with Crippen LogP contribution < -0.4 is 27.4 Å². The molecule has 6 fully saturated rings. The zero-order valence-electron chi connectivity index (χ0n) is 81.4. The number of halogens is 3. The highest BCUT2D eigenvalue weighted by Crippen LogP contribution is 2.47. The number of nitrogens with one attached hydrogen (secondary N) is 3. The minimum Gasteiger partial charge on any atom is -0.398 e. The lowest BCUT2D eigenvalue weighted by Crippen LogP contribution is -2.19. The number of nitrogen functional groups attached to an aromatic ring is 2. The summed E-state index contributed by atoms with van der Waals surface area (Å²) in [6.45, 7) is 21.5. The molecule has 7 N–H and O–H groups in total. The van der Waals surface area contributed by atoms with E-state index in [0.717, 1.165) is 217 Å². The second-order valence-corrected chi connectivity index (χ2v) is 46.2. The number of aryl methyl sites for hydroxylation is 9. The van der Waals surface area contributed by atoms with Gasteiger partial charge in [0.1, 0.15) is 74.5 Å². The van der Waals surface area contributed by atoms with Gasteiger partial charge in [-0.1, -0.05) is 65.1 Å². The normalized spacial score (nSPS) is 17.0. The van der Waals surface area contributed by atoms with Crippen LogP contribution in [0.1, 0.15) is 236 Å². The minimum absolute atomic E-state index is 0.00853. The summed E-state index contributed by atoms with van der Waals surface area (Å²) in [7, 11) is -13.5. The van der Waals surface area contributed by atoms with E-state index in [-0.39, 0.29) is 28.5 Å². The molecule has 141 heavy (non-hydrogen) atoms. The fourth-order valence-electron chi connectivity index (χ4n) is 17.5. The van der Waals surface area contributed by atoms with Crippen molar-refractivity contribution in [3.05, 3.63) is 234 Å². The van der Waals surface area contributed by atoms with Crippen LogP contribution in [-0.2, 0) is 72.8 Å². The Hall–Kier alpha value is -11.7. The van der Waals surface area contributed by atoms with Gasteiger partial charge < -0.3 is 41.6 Å². The number of ether oxygens (including phenoxy) is 3. The number of fused-ring (bicyclic) bond motifs is 4. The molecule has 3 unspecified atom stereocenters. The number of sulfone groups is 4. The number of benzene rings is 4. The van der Waals surface area contributed by atoms with Crippen LogP contribution in [0.25, 0.3) is 33.5 Å². The number of imidazole rings is 3. The van der Waals surface area contributed by atoms with Crippen LogP contribution in [0.15, 0.2) is 146 Å². The lowest BCUT2D eigenvalue weighted by atomic mass is 10.1. The third-order valence-corrected chi connectivity index (χ3v) is 30.8. The van der Waals surface area contributed by atoms with Gasteiger partial charge in [0.25, 0.3) is 0 Å². The Bertz CT molecular complexity index is 7640. The van der Waals surface area contributed by atoms with Crippen LogP contribution in [0.2, 0.25) is 15.3 Å². The molecule has 0 radical (unpaired) electrons. The number of para-hydroxylation sites is 1. The first-order valence-electron chi connectivity index (χ1n) is 47.1. The van der Waals surface area contributed by atoms with Crippen molar-refractivity contribution in [1.29, 1.82) is 0 Å². The standard InChI is InChI=1S/C29H34N6O3S.C25H27N5O2S.C19H21ClN4O3S.C12H13Cl2N3O.C10H13NO2S.C6H9N3/c1-17-18(2)31-23(16-30-17)14-22-15-25(28-29(33-22)35(19(3)32-28)27-7-5-6-12-38-27)34-24-11-10-21(20-8-9-20)13-26(24)39(4,36)37;1-14-9-22-25(27-14)23(12-19(29-22)11-20-13-26-15(2)16(3)28-20)30-21-8-7-18(17-5-6-17)10-24(21)33(4,31)32;1-12-21-18-14(22-13-7-3-4-8-15(13)28(2,25)26)11-16(20)23-19(18)24(12)17-9-5-6-10-27-17;1-7-15-11-8(13)6-9(14)16-12(11)17(7)10-4-2-3-5-18-10;1-14(12,13)10-6-8(7-2-3-7)4-5-9(10)11;1-4-5(2)9-6(7)3-8-4/h10-11,13,15-16,20,27H,5-9,12,14H2,1-4H3,(H,33,34);7-8,10,12-13,17H,5-6,9,11H2,1-4H3,(H,29,30);3-4,7-8,11,17H,5-6,9-10H2,1-2H3,(H,22,23);6,10H,2-5H2,1H3;4-7H,2-3,11H2,1H3;3H,1-2H3,(H2,7,9). The third-order valence-electron chi connectivity index (χ3n) is 25.5. The zero-order chi connectivity index (χ0) is 100. The van der Waals surface area contributed by atoms with Crippen molar-refractivity contribution in [1.82, 2.24) is 78.5 Å². The van der Waals surface area contributed by atoms with E-state index in [1.165, 1.54) is 25.0 Å². The van der Waals surface area contributed by atoms with Gasteiger partial charge in [-0.15, -0.1) is 0 Å². The first-order chi connectivity index (χ1) is 67.0. The molecule has 14 heterocycles. The molecule has 4 aliphatic heterocycles. The maximum absolute atomic E-state index is 12.8. The fraction of sp³-hybridized carbons (Fsp3) is 0.406. The summed E-state index contributed by atoms with van der Waals surface area (Å²) in [5.74, 6) is 4.40. The Balaban J connectivity index is 0.000000128. The fourth-order valence-corrected chi connectivity index (χ4v) is 21.6. The maximum Gasteiger partial charge on any atom is 0.177 e. The summed E-state index contributed by atoms with van der Waals surface area (Å²) in [6, 6.07) is 30.6. The van der Waals surface area contributed by atoms with Gasteiger partial charge in [-0.25, -0.2) is 68.6 Å². The summed E-state index contributed by atoms with van der Waals surface area (Å²) in [6.07, 6.45) is 27.5. The molecule has 742 valence electrons. The van der Waals surface area contributed by atoms with Gasteiger partial charge in [-0.2, -0.15) is 0 Å². The molecule has 0 spiro atoms. The number of hydrogen-bond donors (Lipinski definition) is 5. The molecule has 0 amide bonds. The summed E-state index contributed by atoms with van der Waals surface area (Å²) < 4.78 is 122. The Kier molecular flexibility index (Phi) is 31.1. The van der Waals surface area contributed by atoms with Crippen molar-refractivity contribution < 1.29 is 47.9 Å². The second-order valence-electron chi connectivity index (χ2n) is 37.1. The molecule has 40 heteroatoms. The molecule has 4 aromatic carbocycles. The molecular weight excluding hydrogens is 1930 g/mol. The summed E-state index contributed by atoms with van der Waals surface area (Å²) in [5.41, 5.74) is 33.6. The predicted octanol–water partition coefficient (Wildman–Crippen LogP) is 20.4. The Morgan fingerprint density at radius 2 is 0.759 bits per heavy atom. The lowest BCUT2D eigenvalue weighted by molar-refractivity contribution is -0.0310. The molecule has 3 aliphatic carbocycles. The van der Waals surface area contributed by atoms with Gasteiger partial charge in [0, 0.05) is 94.0 Å². The van der Waals surface area contributed by atoms with E-state index >= 15 is 0 Å². The van der Waals surface area contributed by atoms with Gasteiger partial charge in [0.2, 0.25) is 0 Å². The molecule has 10 aromatic heterocycles. The number of nitrogens with zero attached hydrogens (tertiary/aromatic N) is 17. The highest BCUT2D eigenvalue weighted by Gasteiger charge is 2.33. The molecule has 0 bridgehead atoms. The largest absolute Gasteiger partial charge is 0.398 e. The number of aromatic nitrogens is 16. The molecule has 3 saturated carbocycles. The Morgan fingerprint density at radius 3 is 1.20 bits per heavy atom. The number of hydrogen-bond acceptors (Lipinski definition) is 30. The van der Waals surface area contributed by atoms with Crippen molar-refractivity contribution >= 4 is 165 Å². The Labute approximate surface area is 836 Å². The summed E-state index contributed by atoms with van der Waals surface area (Å²) in [4.78, 5) is 64.7. The quantitative estimate of drug-likeness (QED) is 0.0349. The van der Waals surface area contributed by atoms with Crippen LogP contribution in [0, 0.1) is 62.3 Å². The SMILES string of the molecule is CC1=Nc2c(Nc3ccc(C4CC4)cc3S(C)(=O)=O)cc(Cc3cnc(C)c(C)n3)nc2C1.CS(=O)(=O)c1cc(C2CC2)ccc1N.Cc1nc2c(Cl)cc(Cl)nc2n1C1CCCCO1.Cc1nc2c(Nc3ccccc3S(C)(=O)=O)cc(Cl)nc2n1C1CCCCO1.Cc1ncc(Cc2cc(Nc3ccc(C4CC4)cc3S(C)(=O)=O)c3nc(C)n(C4CCCCO4)c3n2)nc1C.Cc1ncc(N)nc1C. The highest BCUT2D eigenvalue weighted by atomic mass is 35.5. The van der Waals surface area contributed by atoms with Gasteiger partial charge in [0.15, 0.2) is 56.3 Å². The summed E-state index contributed by atoms with van der Waals surface area (Å²) >= 11 is 18.4. The molecular formula is C101H117Cl3N22O11S4. The van der Waals surface area contributed by atoms with Crippen LogP contribution in [0.3, 0.4) is 0 Å². The monoisotopic (exact) mass is 2050 g/mol. The number of rotatable bonds is 20. The highest BCUT2D eigenvalue weighted by molar-refractivity contribution is 7.91. The van der Waals surface area contributed by atoms with Crippen molar-refractivity contribution in [2.24, 2.45) is 4.99 Å². The van der Waals surface area contributed by atoms with E-state index in [0.29, 0.717) is 149 Å². The number of pyridine rings is 4. The number of aliphatic imine (C=N–C) groups is 1. The second kappa shape index (κ2) is 42.9. The van der Waals surface area contributed by atoms with Crippen molar-refractivity contribution in [3.8, 4) is 0 Å². The molecule has 33 nitrogen and oxygen atoms in total. The molecule has 14 aromatic rings. The first-order valence-corrected chi connectivity index (χ1v) is 55.8. The molecule has 3 saturated heterocycles. The first kappa shape index (κ1) is 102. The van der Waals surface area contributed by atoms with Crippen molar-refractivity contribution in [2.45, 2.75) is 241 Å². The number of anilines is 8. The third kappa shape index (κ3) is 25.0. The topological polar surface area (TPSA) is 447 Å². The van der Waals surface area contributed by atoms with Crippen molar-refractivity contribution in [3.63, 3.8) is 0 Å². The molecule has 3 atom stereocenters. The van der Waals surface area contributed by atoms with Crippen LogP contribution in [-0.4, -0.2) is 163 Å². The van der Waals surface area contributed by atoms with Gasteiger partial charge in [-0.3, -0.25) is 48.6 Å². The van der Waals surface area contributed by atoms with Gasteiger partial charge >= 0.3 is 0 Å². The van der Waals surface area contributed by atoms with Crippen LogP contribution in [0.4, 0.5) is 51.3 Å². The van der Waals surface area contributed by atoms with Gasteiger partial charge in [0.05, 0.1) is 128 Å². The van der Waals surface area contributed by atoms with E-state index in [4.69, 9.17) is 80.4 Å². The smallest absolute Gasteiger partial charge is 0.177 e. The average molecular weight is 2050 g/mol. The molecule has 21 rings (SSSR count). The summed E-state index contributed by atoms with van der Waals surface area (Å²) in [5, 5.41) is 11.2.